The number of benzene rings is 1. The Hall–Kier alpha value is -1.36. The number of hydrazine groups is 1. The zero-order chi connectivity index (χ0) is 13.5. The zero-order valence-corrected chi connectivity index (χ0v) is 11.9. The summed E-state index contributed by atoms with van der Waals surface area (Å²) >= 11 is 1.84. The molecule has 1 aromatic carbocycles. The fraction of sp³-hybridized carbons (Fsp3) is 0.267. The number of hydrogen-bond acceptors (Lipinski definition) is 4. The molecule has 0 aliphatic rings. The Morgan fingerprint density at radius 3 is 2.58 bits per heavy atom. The highest BCUT2D eigenvalue weighted by Gasteiger charge is 2.11. The molecule has 0 radical (unpaired) electrons. The minimum atomic E-state index is 0.0931. The van der Waals surface area contributed by atoms with Crippen molar-refractivity contribution in [1.29, 1.82) is 0 Å². The summed E-state index contributed by atoms with van der Waals surface area (Å²) < 4.78 is 0. The van der Waals surface area contributed by atoms with E-state index in [1.165, 1.54) is 10.5 Å². The van der Waals surface area contributed by atoms with Crippen molar-refractivity contribution in [2.24, 2.45) is 5.84 Å². The lowest BCUT2D eigenvalue weighted by atomic mass is 10.0. The SMILES string of the molecule is CCSc1ccc(C(Cc2ccccn2)NN)cc1. The summed E-state index contributed by atoms with van der Waals surface area (Å²) in [6, 6.07) is 14.6. The van der Waals surface area contributed by atoms with Gasteiger partial charge in [0.15, 0.2) is 0 Å². The number of nitrogens with one attached hydrogen (secondary N) is 1. The van der Waals surface area contributed by atoms with Crippen LogP contribution >= 0.6 is 11.8 Å². The summed E-state index contributed by atoms with van der Waals surface area (Å²) in [6.07, 6.45) is 2.60. The lowest BCUT2D eigenvalue weighted by Gasteiger charge is -2.16. The molecule has 100 valence electrons. The molecule has 0 amide bonds. The molecule has 1 unspecified atom stereocenters. The summed E-state index contributed by atoms with van der Waals surface area (Å²) in [6.45, 7) is 2.16. The molecule has 3 nitrogen and oxygen atoms in total. The van der Waals surface area contributed by atoms with Crippen LogP contribution in [0, 0.1) is 0 Å². The van der Waals surface area contributed by atoms with Crippen molar-refractivity contribution in [3.8, 4) is 0 Å². The highest BCUT2D eigenvalue weighted by molar-refractivity contribution is 7.99. The highest BCUT2D eigenvalue weighted by atomic mass is 32.2. The third kappa shape index (κ3) is 4.06. The van der Waals surface area contributed by atoms with Gasteiger partial charge in [0, 0.05) is 23.2 Å². The van der Waals surface area contributed by atoms with Gasteiger partial charge in [-0.15, -0.1) is 11.8 Å². The molecule has 1 atom stereocenters. The van der Waals surface area contributed by atoms with Gasteiger partial charge in [-0.3, -0.25) is 16.3 Å². The molecular weight excluding hydrogens is 254 g/mol. The molecule has 0 spiro atoms. The van der Waals surface area contributed by atoms with Crippen LogP contribution in [0.1, 0.15) is 24.2 Å². The van der Waals surface area contributed by atoms with Gasteiger partial charge in [0.1, 0.15) is 0 Å². The summed E-state index contributed by atoms with van der Waals surface area (Å²) in [5, 5.41) is 0. The summed E-state index contributed by atoms with van der Waals surface area (Å²) in [5.41, 5.74) is 5.10. The van der Waals surface area contributed by atoms with Gasteiger partial charge in [0.05, 0.1) is 6.04 Å². The predicted octanol–water partition coefficient (Wildman–Crippen LogP) is 2.94. The Kier molecular flexibility index (Phi) is 5.39. The predicted molar refractivity (Wildman–Crippen MR) is 80.8 cm³/mol. The second-order valence-corrected chi connectivity index (χ2v) is 5.58. The standard InChI is InChI=1S/C15H19N3S/c1-2-19-14-8-6-12(7-9-14)15(18-16)11-13-5-3-4-10-17-13/h3-10,15,18H,2,11,16H2,1H3. The molecule has 0 saturated heterocycles. The van der Waals surface area contributed by atoms with Crippen molar-refractivity contribution in [3.63, 3.8) is 0 Å². The summed E-state index contributed by atoms with van der Waals surface area (Å²) in [4.78, 5) is 5.63. The molecule has 19 heavy (non-hydrogen) atoms. The van der Waals surface area contributed by atoms with E-state index in [0.29, 0.717) is 0 Å². The molecule has 0 saturated carbocycles. The molecule has 2 aromatic rings. The van der Waals surface area contributed by atoms with Crippen LogP contribution in [-0.2, 0) is 6.42 Å². The normalized spacial score (nSPS) is 12.3. The topological polar surface area (TPSA) is 50.9 Å². The van der Waals surface area contributed by atoms with Crippen LogP contribution in [0.3, 0.4) is 0 Å². The summed E-state index contributed by atoms with van der Waals surface area (Å²) in [5.74, 6) is 6.76. The Balaban J connectivity index is 2.08. The number of hydrogen-bond donors (Lipinski definition) is 2. The minimum Gasteiger partial charge on any atom is -0.271 e. The van der Waals surface area contributed by atoms with Crippen LogP contribution in [0.25, 0.3) is 0 Å². The average molecular weight is 273 g/mol. The third-order valence-electron chi connectivity index (χ3n) is 2.93. The van der Waals surface area contributed by atoms with Crippen molar-refractivity contribution in [2.75, 3.05) is 5.75 Å². The monoisotopic (exact) mass is 273 g/mol. The van der Waals surface area contributed by atoms with E-state index in [2.05, 4.69) is 41.6 Å². The molecule has 0 aliphatic heterocycles. The van der Waals surface area contributed by atoms with Gasteiger partial charge in [-0.25, -0.2) is 0 Å². The molecule has 0 aliphatic carbocycles. The van der Waals surface area contributed by atoms with Gasteiger partial charge in [0.25, 0.3) is 0 Å². The third-order valence-corrected chi connectivity index (χ3v) is 3.83. The van der Waals surface area contributed by atoms with Crippen molar-refractivity contribution in [2.45, 2.75) is 24.3 Å². The molecule has 4 heteroatoms. The van der Waals surface area contributed by atoms with Crippen LogP contribution < -0.4 is 11.3 Å². The maximum Gasteiger partial charge on any atom is 0.0515 e. The number of nitrogens with zero attached hydrogens (tertiary/aromatic N) is 1. The van der Waals surface area contributed by atoms with Crippen LogP contribution in [0.2, 0.25) is 0 Å². The lowest BCUT2D eigenvalue weighted by molar-refractivity contribution is 0.545. The van der Waals surface area contributed by atoms with Gasteiger partial charge >= 0.3 is 0 Å². The van der Waals surface area contributed by atoms with Gasteiger partial charge in [-0.2, -0.15) is 0 Å². The van der Waals surface area contributed by atoms with E-state index >= 15 is 0 Å². The quantitative estimate of drug-likeness (QED) is 0.483. The van der Waals surface area contributed by atoms with E-state index in [9.17, 15) is 0 Å². The van der Waals surface area contributed by atoms with Gasteiger partial charge in [-0.1, -0.05) is 25.1 Å². The Morgan fingerprint density at radius 1 is 1.21 bits per heavy atom. The van der Waals surface area contributed by atoms with E-state index < -0.39 is 0 Å². The fourth-order valence-electron chi connectivity index (χ4n) is 1.96. The molecular formula is C15H19N3S. The van der Waals surface area contributed by atoms with Crippen molar-refractivity contribution in [1.82, 2.24) is 10.4 Å². The molecule has 3 N–H and O–H groups in total. The van der Waals surface area contributed by atoms with E-state index in [0.717, 1.165) is 17.9 Å². The van der Waals surface area contributed by atoms with Gasteiger partial charge < -0.3 is 0 Å². The number of nitrogens with two attached hydrogens (primary N) is 1. The lowest BCUT2D eigenvalue weighted by Crippen LogP contribution is -2.29. The van der Waals surface area contributed by atoms with E-state index in [-0.39, 0.29) is 6.04 Å². The second-order valence-electron chi connectivity index (χ2n) is 4.25. The van der Waals surface area contributed by atoms with Gasteiger partial charge in [0.2, 0.25) is 0 Å². The Bertz CT molecular complexity index is 485. The zero-order valence-electron chi connectivity index (χ0n) is 11.0. The second kappa shape index (κ2) is 7.28. The first kappa shape index (κ1) is 14.1. The van der Waals surface area contributed by atoms with Crippen LogP contribution in [-0.4, -0.2) is 10.7 Å². The van der Waals surface area contributed by atoms with E-state index in [1.807, 2.05) is 36.2 Å². The minimum absolute atomic E-state index is 0.0931. The highest BCUT2D eigenvalue weighted by Crippen LogP contribution is 2.22. The maximum atomic E-state index is 5.67. The first-order valence-corrected chi connectivity index (χ1v) is 7.41. The van der Waals surface area contributed by atoms with Crippen molar-refractivity contribution < 1.29 is 0 Å². The molecule has 1 heterocycles. The number of rotatable bonds is 6. The molecule has 0 bridgehead atoms. The largest absolute Gasteiger partial charge is 0.271 e. The average Bonchev–Trinajstić information content (AvgIpc) is 2.47. The van der Waals surface area contributed by atoms with E-state index in [1.54, 1.807) is 0 Å². The van der Waals surface area contributed by atoms with Crippen molar-refractivity contribution in [3.05, 3.63) is 59.9 Å². The van der Waals surface area contributed by atoms with Crippen LogP contribution in [0.4, 0.5) is 0 Å². The number of aromatic nitrogens is 1. The number of pyridine rings is 1. The Labute approximate surface area is 118 Å². The van der Waals surface area contributed by atoms with Gasteiger partial charge in [-0.05, 0) is 35.6 Å². The maximum absolute atomic E-state index is 5.67. The van der Waals surface area contributed by atoms with Crippen molar-refractivity contribution >= 4 is 11.8 Å². The fourth-order valence-corrected chi connectivity index (χ4v) is 2.63. The van der Waals surface area contributed by atoms with Crippen LogP contribution in [0.5, 0.6) is 0 Å². The first-order valence-electron chi connectivity index (χ1n) is 6.42. The summed E-state index contributed by atoms with van der Waals surface area (Å²) in [7, 11) is 0. The van der Waals surface area contributed by atoms with Crippen LogP contribution in [0.15, 0.2) is 53.6 Å². The first-order chi connectivity index (χ1) is 9.33. The molecule has 1 aromatic heterocycles. The molecule has 2 rings (SSSR count). The Morgan fingerprint density at radius 2 is 2.00 bits per heavy atom. The smallest absolute Gasteiger partial charge is 0.0515 e. The molecule has 0 fully saturated rings. The van der Waals surface area contributed by atoms with E-state index in [4.69, 9.17) is 5.84 Å². The number of thioether (sulfide) groups is 1.